The fourth-order valence-electron chi connectivity index (χ4n) is 8.94. The number of hydrogen-bond acceptors (Lipinski definition) is 4. The van der Waals surface area contributed by atoms with Crippen LogP contribution in [-0.2, 0) is 6.54 Å². The lowest BCUT2D eigenvalue weighted by atomic mass is 9.81. The van der Waals surface area contributed by atoms with Crippen LogP contribution in [-0.4, -0.2) is 58.3 Å². The lowest BCUT2D eigenvalue weighted by molar-refractivity contribution is 0.0697. The Kier molecular flexibility index (Phi) is 8.41. The summed E-state index contributed by atoms with van der Waals surface area (Å²) in [4.78, 5) is 22.4. The van der Waals surface area contributed by atoms with Crippen molar-refractivity contribution < 1.29 is 14.3 Å². The molecule has 1 unspecified atom stereocenters. The summed E-state index contributed by atoms with van der Waals surface area (Å²) in [6, 6.07) is 21.1. The number of likely N-dealkylation sites (tertiary alicyclic amines) is 1. The Hall–Kier alpha value is -4.23. The SMILES string of the molecule is CCN1CCCC(CCN2CCn3c(c(C4CCCCC4)c4ccc(C(=O)O)cc43)-c3ccc4nc(-c5ccccc5F)ccc4c32)C1. The van der Waals surface area contributed by atoms with E-state index in [4.69, 9.17) is 4.98 Å². The van der Waals surface area contributed by atoms with Crippen LogP contribution in [0.15, 0.2) is 66.7 Å². The molecule has 0 spiro atoms. The van der Waals surface area contributed by atoms with E-state index in [-0.39, 0.29) is 5.82 Å². The van der Waals surface area contributed by atoms with E-state index in [1.807, 2.05) is 18.2 Å². The van der Waals surface area contributed by atoms with Crippen molar-refractivity contribution in [1.82, 2.24) is 14.5 Å². The minimum Gasteiger partial charge on any atom is -0.478 e. The van der Waals surface area contributed by atoms with Crippen LogP contribution in [0.4, 0.5) is 10.1 Å². The van der Waals surface area contributed by atoms with Crippen LogP contribution in [0.2, 0.25) is 0 Å². The Morgan fingerprint density at radius 2 is 1.73 bits per heavy atom. The number of fused-ring (bicyclic) bond motifs is 7. The van der Waals surface area contributed by atoms with E-state index in [1.165, 1.54) is 72.6 Å². The van der Waals surface area contributed by atoms with E-state index in [1.54, 1.807) is 18.2 Å². The molecule has 1 saturated heterocycles. The summed E-state index contributed by atoms with van der Waals surface area (Å²) in [5.74, 6) is -0.0516. The summed E-state index contributed by atoms with van der Waals surface area (Å²) >= 11 is 0. The fraction of sp³-hybridized carbons (Fsp3) is 0.415. The number of carboxylic acids is 1. The molecule has 48 heavy (non-hydrogen) atoms. The smallest absolute Gasteiger partial charge is 0.335 e. The number of carboxylic acid groups (broad SMARTS) is 1. The molecule has 1 N–H and O–H groups in total. The van der Waals surface area contributed by atoms with Gasteiger partial charge in [-0.2, -0.15) is 0 Å². The summed E-state index contributed by atoms with van der Waals surface area (Å²) in [7, 11) is 0. The van der Waals surface area contributed by atoms with Crippen molar-refractivity contribution in [2.24, 2.45) is 5.92 Å². The first-order valence-electron chi connectivity index (χ1n) is 18.1. The standard InChI is InChI=1S/C41H45FN4O2/c1-2-44-21-8-9-27(26-44)20-22-45-23-24-46-37-25-29(41(47)48)14-15-32(37)38(28-10-4-3-5-11-28)40(46)33-17-19-36-31(39(33)45)16-18-35(43-36)30-12-6-7-13-34(30)42/h6-7,12-19,25,27-28H,2-5,8-11,20-24,26H2,1H3,(H,47,48). The van der Waals surface area contributed by atoms with Crippen LogP contribution < -0.4 is 4.90 Å². The third-order valence-electron chi connectivity index (χ3n) is 11.4. The molecule has 2 aromatic heterocycles. The van der Waals surface area contributed by atoms with Crippen LogP contribution in [0.25, 0.3) is 44.3 Å². The van der Waals surface area contributed by atoms with Gasteiger partial charge >= 0.3 is 5.97 Å². The Balaban J connectivity index is 1.31. The monoisotopic (exact) mass is 644 g/mol. The summed E-state index contributed by atoms with van der Waals surface area (Å²) in [5.41, 5.74) is 8.41. The molecule has 0 radical (unpaired) electrons. The molecule has 0 amide bonds. The van der Waals surface area contributed by atoms with Gasteiger partial charge < -0.3 is 19.5 Å². The average molecular weight is 645 g/mol. The number of nitrogens with zero attached hydrogens (tertiary/aromatic N) is 4. The van der Waals surface area contributed by atoms with Crippen molar-refractivity contribution in [2.75, 3.05) is 37.6 Å². The number of aromatic carboxylic acids is 1. The van der Waals surface area contributed by atoms with Gasteiger partial charge in [0.1, 0.15) is 5.82 Å². The van der Waals surface area contributed by atoms with Gasteiger partial charge in [-0.1, -0.05) is 44.4 Å². The van der Waals surface area contributed by atoms with Gasteiger partial charge in [0.05, 0.1) is 28.2 Å². The number of rotatable bonds is 7. The zero-order valence-corrected chi connectivity index (χ0v) is 27.9. The predicted molar refractivity (Wildman–Crippen MR) is 193 cm³/mol. The maximum atomic E-state index is 14.9. The van der Waals surface area contributed by atoms with Crippen molar-refractivity contribution in [2.45, 2.75) is 70.8 Å². The predicted octanol–water partition coefficient (Wildman–Crippen LogP) is 9.35. The van der Waals surface area contributed by atoms with E-state index >= 15 is 0 Å². The molecule has 5 aromatic rings. The van der Waals surface area contributed by atoms with E-state index < -0.39 is 5.97 Å². The van der Waals surface area contributed by atoms with Crippen molar-refractivity contribution in [1.29, 1.82) is 0 Å². The number of carbonyl (C=O) groups is 1. The van der Waals surface area contributed by atoms with Crippen LogP contribution in [0.1, 0.15) is 80.1 Å². The first-order chi connectivity index (χ1) is 23.5. The van der Waals surface area contributed by atoms with E-state index in [0.29, 0.717) is 28.7 Å². The van der Waals surface area contributed by atoms with Crippen LogP contribution in [0.5, 0.6) is 0 Å². The summed E-state index contributed by atoms with van der Waals surface area (Å²) in [6.45, 7) is 8.29. The molecule has 1 aliphatic carbocycles. The molecule has 6 nitrogen and oxygen atoms in total. The van der Waals surface area contributed by atoms with Gasteiger partial charge in [0.2, 0.25) is 0 Å². The second kappa shape index (κ2) is 13.0. The van der Waals surface area contributed by atoms with Gasteiger partial charge in [-0.3, -0.25) is 0 Å². The third-order valence-corrected chi connectivity index (χ3v) is 11.4. The van der Waals surface area contributed by atoms with E-state index in [9.17, 15) is 14.3 Å². The first-order valence-corrected chi connectivity index (χ1v) is 18.1. The lowest BCUT2D eigenvalue weighted by Crippen LogP contribution is -2.37. The van der Waals surface area contributed by atoms with Gasteiger partial charge in [-0.15, -0.1) is 0 Å². The molecule has 248 valence electrons. The number of aromatic nitrogens is 2. The highest BCUT2D eigenvalue weighted by Crippen LogP contribution is 2.49. The highest BCUT2D eigenvalue weighted by atomic mass is 19.1. The van der Waals surface area contributed by atoms with Gasteiger partial charge in [-0.25, -0.2) is 14.2 Å². The molecule has 0 bridgehead atoms. The summed E-state index contributed by atoms with van der Waals surface area (Å²) in [5, 5.41) is 12.3. The normalized spacial score (nSPS) is 19.0. The number of pyridine rings is 1. The first kappa shape index (κ1) is 31.1. The maximum absolute atomic E-state index is 14.9. The molecule has 2 fully saturated rings. The Labute approximate surface area is 282 Å². The molecule has 3 aliphatic rings. The topological polar surface area (TPSA) is 61.6 Å². The van der Waals surface area contributed by atoms with Crippen molar-refractivity contribution in [3.63, 3.8) is 0 Å². The molecule has 1 saturated carbocycles. The Morgan fingerprint density at radius 3 is 2.54 bits per heavy atom. The van der Waals surface area contributed by atoms with Crippen molar-refractivity contribution in [3.8, 4) is 22.5 Å². The number of halogens is 1. The quantitative estimate of drug-likeness (QED) is 0.191. The zero-order valence-electron chi connectivity index (χ0n) is 27.9. The largest absolute Gasteiger partial charge is 0.478 e. The molecule has 8 rings (SSSR count). The van der Waals surface area contributed by atoms with Crippen molar-refractivity contribution >= 4 is 33.5 Å². The van der Waals surface area contributed by atoms with Gasteiger partial charge in [0.25, 0.3) is 0 Å². The lowest BCUT2D eigenvalue weighted by Gasteiger charge is -2.34. The minimum absolute atomic E-state index is 0.267. The second-order valence-electron chi connectivity index (χ2n) is 14.2. The van der Waals surface area contributed by atoms with Gasteiger partial charge in [-0.05, 0) is 111 Å². The molecule has 7 heteroatoms. The highest BCUT2D eigenvalue weighted by molar-refractivity contribution is 6.05. The second-order valence-corrected chi connectivity index (χ2v) is 14.2. The molecular weight excluding hydrogens is 599 g/mol. The third kappa shape index (κ3) is 5.56. The molecular formula is C41H45FN4O2. The Bertz CT molecular complexity index is 1990. The van der Waals surface area contributed by atoms with E-state index in [0.717, 1.165) is 68.4 Å². The van der Waals surface area contributed by atoms with Crippen LogP contribution >= 0.6 is 0 Å². The van der Waals surface area contributed by atoms with Crippen LogP contribution in [0, 0.1) is 11.7 Å². The number of anilines is 1. The zero-order chi connectivity index (χ0) is 32.8. The molecule has 2 aliphatic heterocycles. The Morgan fingerprint density at radius 1 is 0.896 bits per heavy atom. The number of piperidine rings is 1. The van der Waals surface area contributed by atoms with Crippen LogP contribution in [0.3, 0.4) is 0 Å². The average Bonchev–Trinajstić information content (AvgIpc) is 3.35. The van der Waals surface area contributed by atoms with Gasteiger partial charge in [0, 0.05) is 53.6 Å². The van der Waals surface area contributed by atoms with Gasteiger partial charge in [0.15, 0.2) is 0 Å². The molecule has 1 atom stereocenters. The number of benzene rings is 3. The minimum atomic E-state index is -0.890. The summed E-state index contributed by atoms with van der Waals surface area (Å²) in [6.07, 6.45) is 9.69. The van der Waals surface area contributed by atoms with E-state index in [2.05, 4.69) is 45.6 Å². The number of hydrogen-bond donors (Lipinski definition) is 1. The fourth-order valence-corrected chi connectivity index (χ4v) is 8.94. The highest BCUT2D eigenvalue weighted by Gasteiger charge is 2.32. The van der Waals surface area contributed by atoms with Crippen molar-refractivity contribution in [3.05, 3.63) is 83.7 Å². The molecule has 3 aromatic carbocycles. The molecule has 4 heterocycles. The summed E-state index contributed by atoms with van der Waals surface area (Å²) < 4.78 is 17.3. The maximum Gasteiger partial charge on any atom is 0.335 e.